The van der Waals surface area contributed by atoms with Crippen LogP contribution in [0.1, 0.15) is 5.56 Å². The normalized spacial score (nSPS) is 11.4. The molecule has 0 atom stereocenters. The van der Waals surface area contributed by atoms with Gasteiger partial charge in [-0.3, -0.25) is 10.1 Å². The van der Waals surface area contributed by atoms with Crippen LogP contribution in [0, 0.1) is 17.0 Å². The van der Waals surface area contributed by atoms with Crippen molar-refractivity contribution in [2.24, 2.45) is 0 Å². The lowest BCUT2D eigenvalue weighted by atomic mass is 10.2. The monoisotopic (exact) mass is 269 g/mol. The highest BCUT2D eigenvalue weighted by Gasteiger charge is 2.20. The summed E-state index contributed by atoms with van der Waals surface area (Å²) >= 11 is 5.64. The summed E-state index contributed by atoms with van der Waals surface area (Å²) in [4.78, 5) is 9.46. The quantitative estimate of drug-likeness (QED) is 0.470. The maximum atomic E-state index is 11.0. The van der Waals surface area contributed by atoms with Crippen molar-refractivity contribution in [2.75, 3.05) is 0 Å². The summed E-state index contributed by atoms with van der Waals surface area (Å²) in [5.41, 5.74) is -0.174. The van der Waals surface area contributed by atoms with Gasteiger partial charge in [0.25, 0.3) is 14.7 Å². The zero-order valence-corrected chi connectivity index (χ0v) is 9.73. The van der Waals surface area contributed by atoms with Crippen molar-refractivity contribution in [1.29, 1.82) is 0 Å². The fourth-order valence-corrected chi connectivity index (χ4v) is 2.03. The van der Waals surface area contributed by atoms with Gasteiger partial charge in [-0.1, -0.05) is 11.6 Å². The summed E-state index contributed by atoms with van der Waals surface area (Å²) < 4.78 is 21.9. The summed E-state index contributed by atoms with van der Waals surface area (Å²) in [6.45, 7) is 1.42. The zero-order chi connectivity index (χ0) is 11.8. The lowest BCUT2D eigenvalue weighted by Crippen LogP contribution is -1.97. The van der Waals surface area contributed by atoms with Gasteiger partial charge in [-0.05, 0) is 13.0 Å². The smallest absolute Gasteiger partial charge is 0.258 e. The van der Waals surface area contributed by atoms with Crippen LogP contribution in [0.15, 0.2) is 17.0 Å². The Morgan fingerprint density at radius 1 is 1.40 bits per heavy atom. The minimum absolute atomic E-state index is 0.0107. The van der Waals surface area contributed by atoms with Crippen LogP contribution >= 0.6 is 22.3 Å². The topological polar surface area (TPSA) is 77.3 Å². The van der Waals surface area contributed by atoms with E-state index in [1.165, 1.54) is 6.92 Å². The van der Waals surface area contributed by atoms with Crippen molar-refractivity contribution in [1.82, 2.24) is 0 Å². The van der Waals surface area contributed by atoms with Crippen LogP contribution in [0.25, 0.3) is 0 Å². The second-order valence-corrected chi connectivity index (χ2v) is 5.72. The largest absolute Gasteiger partial charge is 0.275 e. The number of benzene rings is 1. The van der Waals surface area contributed by atoms with Crippen molar-refractivity contribution in [3.63, 3.8) is 0 Å². The number of nitrogens with zero attached hydrogens (tertiary/aromatic N) is 1. The molecule has 15 heavy (non-hydrogen) atoms. The Morgan fingerprint density at radius 2 is 1.93 bits per heavy atom. The molecule has 0 N–H and O–H groups in total. The molecule has 0 radical (unpaired) electrons. The van der Waals surface area contributed by atoms with E-state index in [4.69, 9.17) is 22.3 Å². The van der Waals surface area contributed by atoms with Gasteiger partial charge in [0.2, 0.25) is 0 Å². The number of halogens is 2. The van der Waals surface area contributed by atoms with Gasteiger partial charge in [0, 0.05) is 22.3 Å². The maximum absolute atomic E-state index is 11.0. The molecule has 0 saturated carbocycles. The summed E-state index contributed by atoms with van der Waals surface area (Å²) in [5, 5.41) is 10.6. The van der Waals surface area contributed by atoms with Crippen molar-refractivity contribution in [3.8, 4) is 0 Å². The fourth-order valence-electron chi connectivity index (χ4n) is 0.971. The Balaban J connectivity index is 3.57. The van der Waals surface area contributed by atoms with E-state index in [0.29, 0.717) is 0 Å². The van der Waals surface area contributed by atoms with Gasteiger partial charge in [-0.15, -0.1) is 0 Å². The first-order chi connectivity index (χ1) is 6.73. The Labute approximate surface area is 95.2 Å². The molecule has 0 heterocycles. The second kappa shape index (κ2) is 3.96. The summed E-state index contributed by atoms with van der Waals surface area (Å²) in [6, 6.07) is 1.95. The van der Waals surface area contributed by atoms with Crippen LogP contribution in [0.5, 0.6) is 0 Å². The molecule has 0 aliphatic heterocycles. The molecule has 0 amide bonds. The molecule has 0 aromatic heterocycles. The first-order valence-corrected chi connectivity index (χ1v) is 6.31. The third-order valence-corrected chi connectivity index (χ3v) is 3.49. The average Bonchev–Trinajstić information content (AvgIpc) is 2.06. The molecule has 0 fully saturated rings. The molecule has 82 valence electrons. The van der Waals surface area contributed by atoms with Gasteiger partial charge in [-0.25, -0.2) is 8.42 Å². The molecule has 1 rings (SSSR count). The van der Waals surface area contributed by atoms with Gasteiger partial charge in [0.05, 0.1) is 14.8 Å². The van der Waals surface area contributed by atoms with Gasteiger partial charge in [-0.2, -0.15) is 0 Å². The molecule has 0 spiro atoms. The van der Waals surface area contributed by atoms with E-state index in [2.05, 4.69) is 0 Å². The van der Waals surface area contributed by atoms with Crippen molar-refractivity contribution in [3.05, 3.63) is 32.8 Å². The molecular formula is C7H5Cl2NO4S. The number of rotatable bonds is 2. The molecule has 0 bridgehead atoms. The molecule has 0 saturated heterocycles. The highest BCUT2D eigenvalue weighted by atomic mass is 35.7. The number of nitro benzene ring substituents is 1. The molecule has 1 aromatic rings. The number of hydrogen-bond donors (Lipinski definition) is 0. The Hall–Kier alpha value is -0.850. The van der Waals surface area contributed by atoms with Crippen molar-refractivity contribution < 1.29 is 13.3 Å². The van der Waals surface area contributed by atoms with Crippen LogP contribution in [0.3, 0.4) is 0 Å². The van der Waals surface area contributed by atoms with Gasteiger partial charge < -0.3 is 0 Å². The summed E-state index contributed by atoms with van der Waals surface area (Å²) in [7, 11) is 1.04. The molecule has 1 aromatic carbocycles. The average molecular weight is 270 g/mol. The van der Waals surface area contributed by atoms with Crippen LogP contribution in [0.4, 0.5) is 5.69 Å². The van der Waals surface area contributed by atoms with Crippen LogP contribution in [-0.2, 0) is 9.05 Å². The lowest BCUT2D eigenvalue weighted by molar-refractivity contribution is -0.385. The lowest BCUT2D eigenvalue weighted by Gasteiger charge is -2.02. The zero-order valence-electron chi connectivity index (χ0n) is 7.40. The second-order valence-electron chi connectivity index (χ2n) is 2.74. The molecular weight excluding hydrogens is 265 g/mol. The van der Waals surface area contributed by atoms with Crippen LogP contribution < -0.4 is 0 Å². The highest BCUT2D eigenvalue weighted by molar-refractivity contribution is 8.13. The number of nitro groups is 1. The van der Waals surface area contributed by atoms with Gasteiger partial charge >= 0.3 is 0 Å². The van der Waals surface area contributed by atoms with E-state index in [1.807, 2.05) is 0 Å². The highest BCUT2D eigenvalue weighted by Crippen LogP contribution is 2.30. The Morgan fingerprint density at radius 3 is 2.33 bits per heavy atom. The fraction of sp³-hybridized carbons (Fsp3) is 0.143. The minimum atomic E-state index is -4.01. The molecule has 0 unspecified atom stereocenters. The van der Waals surface area contributed by atoms with Gasteiger partial charge in [0.15, 0.2) is 0 Å². The van der Waals surface area contributed by atoms with E-state index in [1.54, 1.807) is 0 Å². The van der Waals surface area contributed by atoms with E-state index in [-0.39, 0.29) is 21.2 Å². The molecule has 0 aliphatic rings. The first-order valence-electron chi connectivity index (χ1n) is 3.62. The Bertz CT molecular complexity index is 526. The molecule has 5 nitrogen and oxygen atoms in total. The maximum Gasteiger partial charge on any atom is 0.275 e. The van der Waals surface area contributed by atoms with E-state index >= 15 is 0 Å². The van der Waals surface area contributed by atoms with E-state index < -0.39 is 14.0 Å². The van der Waals surface area contributed by atoms with Crippen molar-refractivity contribution >= 4 is 37.0 Å². The first kappa shape index (κ1) is 12.2. The van der Waals surface area contributed by atoms with E-state index in [0.717, 1.165) is 12.1 Å². The summed E-state index contributed by atoms with van der Waals surface area (Å²) in [5.74, 6) is 0. The molecule has 8 heteroatoms. The SMILES string of the molecule is Cc1c(Cl)cc(S(=O)(=O)Cl)cc1[N+](=O)[O-]. The van der Waals surface area contributed by atoms with Crippen LogP contribution in [0.2, 0.25) is 5.02 Å². The third kappa shape index (κ3) is 2.58. The predicted molar refractivity (Wildman–Crippen MR) is 55.9 cm³/mol. The predicted octanol–water partition coefficient (Wildman–Crippen LogP) is 2.48. The van der Waals surface area contributed by atoms with Gasteiger partial charge in [0.1, 0.15) is 0 Å². The molecule has 0 aliphatic carbocycles. The Kier molecular flexibility index (Phi) is 3.22. The van der Waals surface area contributed by atoms with Crippen molar-refractivity contribution in [2.45, 2.75) is 11.8 Å². The van der Waals surface area contributed by atoms with E-state index in [9.17, 15) is 18.5 Å². The number of hydrogen-bond acceptors (Lipinski definition) is 4. The van der Waals surface area contributed by atoms with Crippen LogP contribution in [-0.4, -0.2) is 13.3 Å². The minimum Gasteiger partial charge on any atom is -0.258 e. The summed E-state index contributed by atoms with van der Waals surface area (Å²) in [6.07, 6.45) is 0. The third-order valence-electron chi connectivity index (χ3n) is 1.77. The standard InChI is InChI=1S/C7H5Cl2NO4S/c1-4-6(8)2-5(15(9,13)14)3-7(4)10(11)12/h2-3H,1H3.